The summed E-state index contributed by atoms with van der Waals surface area (Å²) in [5, 5.41) is 5.24. The highest BCUT2D eigenvalue weighted by Crippen LogP contribution is 2.13. The maximum Gasteiger partial charge on any atom is 0.279 e. The molecule has 0 spiro atoms. The van der Waals surface area contributed by atoms with E-state index in [0.29, 0.717) is 12.2 Å². The second kappa shape index (κ2) is 6.06. The van der Waals surface area contributed by atoms with E-state index in [1.54, 1.807) is 6.07 Å². The van der Waals surface area contributed by atoms with Crippen molar-refractivity contribution < 1.29 is 14.0 Å². The molecule has 1 fully saturated rings. The van der Waals surface area contributed by atoms with Crippen molar-refractivity contribution in [3.8, 4) is 0 Å². The lowest BCUT2D eigenvalue weighted by atomic mass is 10.1. The van der Waals surface area contributed by atoms with E-state index >= 15 is 0 Å². The minimum Gasteiger partial charge on any atom is -0.352 e. The molecule has 4 nitrogen and oxygen atoms in total. The van der Waals surface area contributed by atoms with Gasteiger partial charge in [0.05, 0.1) is 0 Å². The Bertz CT molecular complexity index is 495. The molecular weight excluding hydrogens is 267 g/mol. The van der Waals surface area contributed by atoms with Gasteiger partial charge >= 0.3 is 0 Å². The predicted molar refractivity (Wildman–Crippen MR) is 72.5 cm³/mol. The molecule has 1 aromatic rings. The Labute approximate surface area is 115 Å². The van der Waals surface area contributed by atoms with E-state index in [2.05, 4.69) is 10.6 Å². The van der Waals surface area contributed by atoms with Gasteiger partial charge in [0.2, 0.25) is 5.91 Å². The summed E-state index contributed by atoms with van der Waals surface area (Å²) in [5.41, 5.74) is 0.831. The molecule has 6 heteroatoms. The van der Waals surface area contributed by atoms with Crippen molar-refractivity contribution in [1.29, 1.82) is 0 Å². The van der Waals surface area contributed by atoms with Crippen LogP contribution in [-0.2, 0) is 11.2 Å². The zero-order valence-corrected chi connectivity index (χ0v) is 11.3. The highest BCUT2D eigenvalue weighted by Gasteiger charge is 2.28. The van der Waals surface area contributed by atoms with Crippen molar-refractivity contribution in [3.63, 3.8) is 0 Å². The molecule has 0 unspecified atom stereocenters. The molecule has 0 bridgehead atoms. The van der Waals surface area contributed by atoms with Gasteiger partial charge in [-0.2, -0.15) is 0 Å². The van der Waals surface area contributed by atoms with E-state index in [-0.39, 0.29) is 23.0 Å². The number of benzene rings is 1. The molecule has 1 heterocycles. The molecule has 102 valence electrons. The summed E-state index contributed by atoms with van der Waals surface area (Å²) >= 11 is 1.11. The number of rotatable bonds is 4. The van der Waals surface area contributed by atoms with Crippen molar-refractivity contribution in [2.45, 2.75) is 25.4 Å². The van der Waals surface area contributed by atoms with Gasteiger partial charge in [0, 0.05) is 11.8 Å². The standard InChI is InChI=1S/C13H15FN2O2S/c1-8(5-9-3-2-4-10(14)6-9)15-12(17)11-7-19-13(18)16-11/h2-4,6,8,11H,5,7H2,1H3,(H,15,17)(H,16,18)/t8-,11-/m1/s1. The van der Waals surface area contributed by atoms with Crippen LogP contribution in [0.5, 0.6) is 0 Å². The van der Waals surface area contributed by atoms with E-state index in [0.717, 1.165) is 17.3 Å². The zero-order valence-electron chi connectivity index (χ0n) is 10.5. The van der Waals surface area contributed by atoms with Crippen LogP contribution in [0.25, 0.3) is 0 Å². The number of thioether (sulfide) groups is 1. The summed E-state index contributed by atoms with van der Waals surface area (Å²) in [6.07, 6.45) is 0.553. The monoisotopic (exact) mass is 282 g/mol. The second-order valence-electron chi connectivity index (χ2n) is 4.54. The average molecular weight is 282 g/mol. The summed E-state index contributed by atoms with van der Waals surface area (Å²) < 4.78 is 13.0. The lowest BCUT2D eigenvalue weighted by Crippen LogP contribution is -2.46. The van der Waals surface area contributed by atoms with E-state index < -0.39 is 6.04 Å². The SMILES string of the molecule is C[C@H](Cc1cccc(F)c1)NC(=O)[C@H]1CSC(=O)N1. The Kier molecular flexibility index (Phi) is 4.42. The van der Waals surface area contributed by atoms with Crippen LogP contribution in [0.3, 0.4) is 0 Å². The van der Waals surface area contributed by atoms with Crippen LogP contribution in [0.1, 0.15) is 12.5 Å². The predicted octanol–water partition coefficient (Wildman–Crippen LogP) is 1.70. The van der Waals surface area contributed by atoms with Crippen molar-refractivity contribution in [2.24, 2.45) is 0 Å². The second-order valence-corrected chi connectivity index (χ2v) is 5.53. The quantitative estimate of drug-likeness (QED) is 0.883. The number of nitrogens with one attached hydrogen (secondary N) is 2. The van der Waals surface area contributed by atoms with Gasteiger partial charge in [-0.15, -0.1) is 0 Å². The molecular formula is C13H15FN2O2S. The van der Waals surface area contributed by atoms with E-state index in [4.69, 9.17) is 0 Å². The molecule has 1 aromatic carbocycles. The van der Waals surface area contributed by atoms with E-state index in [1.807, 2.05) is 13.0 Å². The molecule has 0 aromatic heterocycles. The Morgan fingerprint density at radius 1 is 1.63 bits per heavy atom. The molecule has 2 rings (SSSR count). The normalized spacial score (nSPS) is 19.9. The third-order valence-corrected chi connectivity index (χ3v) is 3.69. The average Bonchev–Trinajstić information content (AvgIpc) is 2.75. The number of hydrogen-bond acceptors (Lipinski definition) is 3. The first-order valence-corrected chi connectivity index (χ1v) is 7.01. The van der Waals surface area contributed by atoms with Gasteiger partial charge in [0.15, 0.2) is 0 Å². The summed E-state index contributed by atoms with van der Waals surface area (Å²) in [4.78, 5) is 22.8. The maximum atomic E-state index is 13.0. The molecule has 1 aliphatic heterocycles. The molecule has 1 saturated heterocycles. The molecule has 0 saturated carbocycles. The summed E-state index contributed by atoms with van der Waals surface area (Å²) in [7, 11) is 0. The third kappa shape index (κ3) is 3.96. The lowest BCUT2D eigenvalue weighted by Gasteiger charge is -2.16. The fourth-order valence-electron chi connectivity index (χ4n) is 1.94. The molecule has 1 aliphatic rings. The fourth-order valence-corrected chi connectivity index (χ4v) is 2.72. The van der Waals surface area contributed by atoms with Crippen molar-refractivity contribution in [2.75, 3.05) is 5.75 Å². The molecule has 0 aliphatic carbocycles. The van der Waals surface area contributed by atoms with Crippen LogP contribution in [0.15, 0.2) is 24.3 Å². The van der Waals surface area contributed by atoms with Crippen LogP contribution in [0, 0.1) is 5.82 Å². The van der Waals surface area contributed by atoms with E-state index in [1.165, 1.54) is 12.1 Å². The van der Waals surface area contributed by atoms with Gasteiger partial charge in [0.25, 0.3) is 5.24 Å². The van der Waals surface area contributed by atoms with Gasteiger partial charge < -0.3 is 10.6 Å². The zero-order chi connectivity index (χ0) is 13.8. The maximum absolute atomic E-state index is 13.0. The number of carbonyl (C=O) groups excluding carboxylic acids is 2. The highest BCUT2D eigenvalue weighted by molar-refractivity contribution is 8.14. The van der Waals surface area contributed by atoms with Crippen molar-refractivity contribution >= 4 is 22.9 Å². The molecule has 2 amide bonds. The Morgan fingerprint density at radius 3 is 3.05 bits per heavy atom. The van der Waals surface area contributed by atoms with Crippen molar-refractivity contribution in [1.82, 2.24) is 10.6 Å². The van der Waals surface area contributed by atoms with Gasteiger partial charge in [-0.25, -0.2) is 4.39 Å². The summed E-state index contributed by atoms with van der Waals surface area (Å²) in [6.45, 7) is 1.85. The van der Waals surface area contributed by atoms with Crippen LogP contribution < -0.4 is 10.6 Å². The first kappa shape index (κ1) is 13.9. The van der Waals surface area contributed by atoms with Crippen molar-refractivity contribution in [3.05, 3.63) is 35.6 Å². The number of amides is 2. The minimum atomic E-state index is -0.465. The third-order valence-electron chi connectivity index (χ3n) is 2.81. The number of hydrogen-bond donors (Lipinski definition) is 2. The van der Waals surface area contributed by atoms with Gasteiger partial charge in [-0.05, 0) is 31.0 Å². The van der Waals surface area contributed by atoms with Crippen LogP contribution >= 0.6 is 11.8 Å². The van der Waals surface area contributed by atoms with Crippen LogP contribution in [0.4, 0.5) is 9.18 Å². The largest absolute Gasteiger partial charge is 0.352 e. The topological polar surface area (TPSA) is 58.2 Å². The fraction of sp³-hybridized carbons (Fsp3) is 0.385. The lowest BCUT2D eigenvalue weighted by molar-refractivity contribution is -0.122. The smallest absolute Gasteiger partial charge is 0.279 e. The molecule has 19 heavy (non-hydrogen) atoms. The Balaban J connectivity index is 1.85. The minimum absolute atomic E-state index is 0.114. The number of halogens is 1. The molecule has 0 radical (unpaired) electrons. The van der Waals surface area contributed by atoms with E-state index in [9.17, 15) is 14.0 Å². The Hall–Kier alpha value is -1.56. The highest BCUT2D eigenvalue weighted by atomic mass is 32.2. The number of carbonyl (C=O) groups is 2. The first-order chi connectivity index (χ1) is 9.04. The van der Waals surface area contributed by atoms with Crippen LogP contribution in [0.2, 0.25) is 0 Å². The first-order valence-electron chi connectivity index (χ1n) is 6.02. The summed E-state index contributed by atoms with van der Waals surface area (Å²) in [5.74, 6) is -0.0186. The van der Waals surface area contributed by atoms with Gasteiger partial charge in [-0.1, -0.05) is 23.9 Å². The molecule has 2 N–H and O–H groups in total. The summed E-state index contributed by atoms with van der Waals surface area (Å²) in [6, 6.07) is 5.73. The Morgan fingerprint density at radius 2 is 2.42 bits per heavy atom. The van der Waals surface area contributed by atoms with Gasteiger partial charge in [-0.3, -0.25) is 9.59 Å². The molecule has 2 atom stereocenters. The van der Waals surface area contributed by atoms with Crippen LogP contribution in [-0.4, -0.2) is 29.0 Å². The van der Waals surface area contributed by atoms with Gasteiger partial charge in [0.1, 0.15) is 11.9 Å².